The van der Waals surface area contributed by atoms with Crippen LogP contribution in [0, 0.1) is 41.2 Å². The summed E-state index contributed by atoms with van der Waals surface area (Å²) in [7, 11) is 0. The van der Waals surface area contributed by atoms with E-state index in [1.165, 1.54) is 63.5 Å². The second-order valence-corrected chi connectivity index (χ2v) is 10.3. The molecular formula is C28H40F2O3. The Kier molecular flexibility index (Phi) is 8.67. The summed E-state index contributed by atoms with van der Waals surface area (Å²) in [6.45, 7) is 7.00. The minimum Gasteiger partial charge on any atom is -0.491 e. The Morgan fingerprint density at radius 2 is 1.33 bits per heavy atom. The van der Waals surface area contributed by atoms with E-state index in [4.69, 9.17) is 14.2 Å². The maximum atomic E-state index is 14.2. The lowest BCUT2D eigenvalue weighted by molar-refractivity contribution is -0.0576. The smallest absolute Gasteiger partial charge is 0.204 e. The van der Waals surface area contributed by atoms with Gasteiger partial charge in [-0.25, -0.2) is 0 Å². The molecule has 3 nitrogen and oxygen atoms in total. The molecule has 1 aromatic rings. The van der Waals surface area contributed by atoms with Crippen molar-refractivity contribution in [1.82, 2.24) is 0 Å². The molecule has 0 radical (unpaired) electrons. The van der Waals surface area contributed by atoms with Crippen molar-refractivity contribution in [3.63, 3.8) is 0 Å². The molecule has 0 bridgehead atoms. The molecular weight excluding hydrogens is 422 g/mol. The molecule has 3 aliphatic rings. The molecule has 2 saturated carbocycles. The topological polar surface area (TPSA) is 27.7 Å². The highest BCUT2D eigenvalue weighted by Crippen LogP contribution is 2.44. The zero-order valence-corrected chi connectivity index (χ0v) is 20.1. The first-order chi connectivity index (χ1) is 16.1. The standard InChI is InChI=1S/C28H40F2O3/c1-3-19-5-7-20(8-6-19)21-9-11-22(12-10-21)23-13-14-24(32-17-23)18-33-26-16-15-25(31-4-2)27(29)28(26)30/h3,15-16,19-24H,1,4-14,17-18H2,2H3. The van der Waals surface area contributed by atoms with Crippen LogP contribution in [0.5, 0.6) is 11.5 Å². The highest BCUT2D eigenvalue weighted by atomic mass is 19.2. The first-order valence-corrected chi connectivity index (χ1v) is 13.1. The summed E-state index contributed by atoms with van der Waals surface area (Å²) in [6, 6.07) is 2.84. The van der Waals surface area contributed by atoms with Crippen LogP contribution in [0.2, 0.25) is 0 Å². The van der Waals surface area contributed by atoms with Crippen LogP contribution in [0.3, 0.4) is 0 Å². The van der Waals surface area contributed by atoms with E-state index >= 15 is 0 Å². The number of hydrogen-bond acceptors (Lipinski definition) is 3. The highest BCUT2D eigenvalue weighted by molar-refractivity contribution is 5.35. The van der Waals surface area contributed by atoms with E-state index in [9.17, 15) is 8.78 Å². The highest BCUT2D eigenvalue weighted by Gasteiger charge is 2.35. The minimum absolute atomic E-state index is 0.0633. The van der Waals surface area contributed by atoms with E-state index in [0.29, 0.717) is 5.92 Å². The molecule has 2 aliphatic carbocycles. The summed E-state index contributed by atoms with van der Waals surface area (Å²) < 4.78 is 45.0. The quantitative estimate of drug-likeness (QED) is 0.378. The summed E-state index contributed by atoms with van der Waals surface area (Å²) in [6.07, 6.45) is 15.0. The normalized spacial score (nSPS) is 32.8. The lowest BCUT2D eigenvalue weighted by Crippen LogP contribution is -2.36. The first-order valence-electron chi connectivity index (χ1n) is 13.1. The lowest BCUT2D eigenvalue weighted by Gasteiger charge is -2.41. The van der Waals surface area contributed by atoms with Gasteiger partial charge in [-0.05, 0) is 113 Å². The van der Waals surface area contributed by atoms with Gasteiger partial charge in [-0.2, -0.15) is 8.78 Å². The Hall–Kier alpha value is -1.62. The fourth-order valence-corrected chi connectivity index (χ4v) is 6.34. The van der Waals surface area contributed by atoms with Gasteiger partial charge in [0, 0.05) is 0 Å². The zero-order valence-electron chi connectivity index (χ0n) is 20.1. The summed E-state index contributed by atoms with van der Waals surface area (Å²) in [5, 5.41) is 0. The van der Waals surface area contributed by atoms with Gasteiger partial charge in [0.2, 0.25) is 11.6 Å². The number of halogens is 2. The van der Waals surface area contributed by atoms with Gasteiger partial charge >= 0.3 is 0 Å². The van der Waals surface area contributed by atoms with Crippen LogP contribution >= 0.6 is 0 Å². The number of rotatable bonds is 8. The van der Waals surface area contributed by atoms with Gasteiger partial charge in [-0.3, -0.25) is 0 Å². The molecule has 0 amide bonds. The largest absolute Gasteiger partial charge is 0.491 e. The summed E-state index contributed by atoms with van der Waals surface area (Å²) in [4.78, 5) is 0. The molecule has 1 aliphatic heterocycles. The van der Waals surface area contributed by atoms with Gasteiger partial charge in [0.25, 0.3) is 0 Å². The minimum atomic E-state index is -0.997. The second-order valence-electron chi connectivity index (χ2n) is 10.3. The van der Waals surface area contributed by atoms with Crippen LogP contribution in [0.1, 0.15) is 71.1 Å². The van der Waals surface area contributed by atoms with E-state index in [2.05, 4.69) is 12.7 Å². The van der Waals surface area contributed by atoms with E-state index < -0.39 is 11.6 Å². The average Bonchev–Trinajstić information content (AvgIpc) is 2.87. The van der Waals surface area contributed by atoms with Crippen LogP contribution < -0.4 is 9.47 Å². The zero-order chi connectivity index (χ0) is 23.2. The molecule has 2 atom stereocenters. The molecule has 1 aromatic carbocycles. The fourth-order valence-electron chi connectivity index (χ4n) is 6.34. The first kappa shape index (κ1) is 24.5. The molecule has 0 N–H and O–H groups in total. The molecule has 1 saturated heterocycles. The van der Waals surface area contributed by atoms with Crippen molar-refractivity contribution < 1.29 is 23.0 Å². The third kappa shape index (κ3) is 6.09. The van der Waals surface area contributed by atoms with Crippen molar-refractivity contribution in [3.05, 3.63) is 36.4 Å². The van der Waals surface area contributed by atoms with E-state index in [-0.39, 0.29) is 30.8 Å². The van der Waals surface area contributed by atoms with Crippen molar-refractivity contribution in [1.29, 1.82) is 0 Å². The molecule has 0 spiro atoms. The summed E-state index contributed by atoms with van der Waals surface area (Å²) >= 11 is 0. The van der Waals surface area contributed by atoms with Crippen LogP contribution in [0.4, 0.5) is 8.78 Å². The van der Waals surface area contributed by atoms with Crippen LogP contribution in [0.25, 0.3) is 0 Å². The number of benzene rings is 1. The van der Waals surface area contributed by atoms with Crippen molar-refractivity contribution >= 4 is 0 Å². The van der Waals surface area contributed by atoms with Gasteiger partial charge in [0.1, 0.15) is 6.61 Å². The Morgan fingerprint density at radius 3 is 1.85 bits per heavy atom. The van der Waals surface area contributed by atoms with Crippen LogP contribution in [-0.4, -0.2) is 25.9 Å². The van der Waals surface area contributed by atoms with Crippen molar-refractivity contribution in [3.8, 4) is 11.5 Å². The van der Waals surface area contributed by atoms with Crippen molar-refractivity contribution in [2.24, 2.45) is 29.6 Å². The Labute approximate surface area is 197 Å². The molecule has 3 fully saturated rings. The molecule has 5 heteroatoms. The van der Waals surface area contributed by atoms with Crippen LogP contribution in [-0.2, 0) is 4.74 Å². The fraction of sp³-hybridized carbons (Fsp3) is 0.714. The van der Waals surface area contributed by atoms with Crippen molar-refractivity contribution in [2.45, 2.75) is 77.2 Å². The molecule has 2 unspecified atom stereocenters. The molecule has 1 heterocycles. The SMILES string of the molecule is C=CC1CCC(C2CCC(C3CCC(COc4ccc(OCC)c(F)c4F)OC3)CC2)CC1. The lowest BCUT2D eigenvalue weighted by atomic mass is 9.67. The third-order valence-electron chi connectivity index (χ3n) is 8.44. The molecule has 184 valence electrons. The van der Waals surface area contributed by atoms with E-state index in [1.807, 2.05) is 0 Å². The summed E-state index contributed by atoms with van der Waals surface area (Å²) in [5.74, 6) is 1.83. The van der Waals surface area contributed by atoms with Gasteiger partial charge in [0.05, 0.1) is 19.3 Å². The van der Waals surface area contributed by atoms with Gasteiger partial charge < -0.3 is 14.2 Å². The third-order valence-corrected chi connectivity index (χ3v) is 8.44. The Balaban J connectivity index is 1.17. The average molecular weight is 463 g/mol. The maximum Gasteiger partial charge on any atom is 0.204 e. The molecule has 4 rings (SSSR count). The predicted molar refractivity (Wildman–Crippen MR) is 127 cm³/mol. The molecule has 33 heavy (non-hydrogen) atoms. The van der Waals surface area contributed by atoms with Crippen LogP contribution in [0.15, 0.2) is 24.8 Å². The predicted octanol–water partition coefficient (Wildman–Crippen LogP) is 7.34. The van der Waals surface area contributed by atoms with Gasteiger partial charge in [-0.15, -0.1) is 6.58 Å². The number of hydrogen-bond donors (Lipinski definition) is 0. The van der Waals surface area contributed by atoms with E-state index in [0.717, 1.165) is 43.1 Å². The van der Waals surface area contributed by atoms with Gasteiger partial charge in [0.15, 0.2) is 11.5 Å². The second kappa shape index (κ2) is 11.7. The van der Waals surface area contributed by atoms with E-state index in [1.54, 1.807) is 6.92 Å². The molecule has 0 aromatic heterocycles. The van der Waals surface area contributed by atoms with Gasteiger partial charge in [-0.1, -0.05) is 6.08 Å². The number of ether oxygens (including phenoxy) is 3. The van der Waals surface area contributed by atoms with Crippen molar-refractivity contribution in [2.75, 3.05) is 19.8 Å². The summed E-state index contributed by atoms with van der Waals surface area (Å²) in [5.41, 5.74) is 0. The number of allylic oxidation sites excluding steroid dienone is 1. The Morgan fingerprint density at radius 1 is 0.818 bits per heavy atom. The monoisotopic (exact) mass is 462 g/mol. The Bertz CT molecular complexity index is 759. The maximum absolute atomic E-state index is 14.2.